The smallest absolute Gasteiger partial charge is 0.271 e. The fourth-order valence-corrected chi connectivity index (χ4v) is 3.42. The van der Waals surface area contributed by atoms with Gasteiger partial charge in [-0.3, -0.25) is 10.1 Å². The van der Waals surface area contributed by atoms with Crippen LogP contribution in [0.1, 0.15) is 19.3 Å². The Morgan fingerprint density at radius 2 is 2.30 bits per heavy atom. The van der Waals surface area contributed by atoms with E-state index in [0.29, 0.717) is 10.9 Å². The molecule has 1 unspecified atom stereocenters. The zero-order valence-corrected chi connectivity index (χ0v) is 13.6. The van der Waals surface area contributed by atoms with E-state index >= 15 is 0 Å². The van der Waals surface area contributed by atoms with E-state index in [-0.39, 0.29) is 5.69 Å². The summed E-state index contributed by atoms with van der Waals surface area (Å²) in [6.07, 6.45) is 9.99. The zero-order valence-electron chi connectivity index (χ0n) is 12.9. The minimum Gasteiger partial charge on any atom is -0.343 e. The summed E-state index contributed by atoms with van der Waals surface area (Å²) in [4.78, 5) is 12.4. The van der Waals surface area contributed by atoms with Crippen LogP contribution >= 0.6 is 11.6 Å². The van der Waals surface area contributed by atoms with E-state index in [9.17, 15) is 10.1 Å². The first-order valence-electron chi connectivity index (χ1n) is 7.92. The molecule has 0 amide bonds. The van der Waals surface area contributed by atoms with E-state index in [0.717, 1.165) is 31.7 Å². The van der Waals surface area contributed by atoms with Crippen LogP contribution in [0.2, 0.25) is 5.02 Å². The van der Waals surface area contributed by atoms with Crippen molar-refractivity contribution in [1.29, 1.82) is 0 Å². The van der Waals surface area contributed by atoms with E-state index in [1.165, 1.54) is 30.5 Å². The van der Waals surface area contributed by atoms with Gasteiger partial charge in [-0.1, -0.05) is 17.7 Å². The lowest BCUT2D eigenvalue weighted by Gasteiger charge is -2.27. The number of benzene rings is 1. The van der Waals surface area contributed by atoms with Crippen molar-refractivity contribution in [3.05, 3.63) is 57.3 Å². The van der Waals surface area contributed by atoms with E-state index < -0.39 is 4.92 Å². The molecule has 0 bridgehead atoms. The molecule has 1 aromatic rings. The van der Waals surface area contributed by atoms with E-state index in [4.69, 9.17) is 11.6 Å². The van der Waals surface area contributed by atoms with E-state index in [2.05, 4.69) is 17.5 Å². The van der Waals surface area contributed by atoms with Crippen LogP contribution in [0, 0.1) is 16.0 Å². The van der Waals surface area contributed by atoms with Crippen LogP contribution in [-0.4, -0.2) is 24.6 Å². The predicted octanol–water partition coefficient (Wildman–Crippen LogP) is 3.90. The summed E-state index contributed by atoms with van der Waals surface area (Å²) in [7, 11) is 0. The molecule has 0 saturated carbocycles. The molecular weight excluding hydrogens is 314 g/mol. The number of hydrogen-bond acceptors (Lipinski definition) is 4. The zero-order chi connectivity index (χ0) is 16.2. The number of nitro benzene ring substituents is 1. The fourth-order valence-electron chi connectivity index (χ4n) is 3.13. The molecule has 3 rings (SSSR count). The Hall–Kier alpha value is -1.85. The normalized spacial score (nSPS) is 21.2. The summed E-state index contributed by atoms with van der Waals surface area (Å²) >= 11 is 6.19. The predicted molar refractivity (Wildman–Crippen MR) is 92.9 cm³/mol. The number of rotatable bonds is 4. The van der Waals surface area contributed by atoms with Gasteiger partial charge in [-0.2, -0.15) is 0 Å². The summed E-state index contributed by atoms with van der Waals surface area (Å²) in [5.41, 5.74) is 2.16. The quantitative estimate of drug-likeness (QED) is 0.670. The maximum absolute atomic E-state index is 10.8. The third-order valence-corrected chi connectivity index (χ3v) is 4.70. The number of halogens is 1. The Balaban J connectivity index is 1.64. The molecule has 0 spiro atoms. The van der Waals surface area contributed by atoms with Crippen LogP contribution in [0.25, 0.3) is 0 Å². The molecule has 0 radical (unpaired) electrons. The standard InChI is InChI=1S/C17H20ClN3O2/c18-16-11-15(21(22)23)3-4-17(16)20-8-5-13(6-9-20)10-14-2-1-7-19-12-14/h3-6,8,11,14,19H,1-2,7,9-10,12H2. The van der Waals surface area contributed by atoms with Crippen molar-refractivity contribution in [1.82, 2.24) is 5.32 Å². The second-order valence-corrected chi connectivity index (χ2v) is 6.46. The van der Waals surface area contributed by atoms with Crippen LogP contribution in [0.4, 0.5) is 11.4 Å². The summed E-state index contributed by atoms with van der Waals surface area (Å²) in [5, 5.41) is 14.6. The van der Waals surface area contributed by atoms with Crippen LogP contribution in [0.5, 0.6) is 0 Å². The first-order chi connectivity index (χ1) is 11.1. The Morgan fingerprint density at radius 3 is 2.91 bits per heavy atom. The highest BCUT2D eigenvalue weighted by atomic mass is 35.5. The summed E-state index contributed by atoms with van der Waals surface area (Å²) in [6, 6.07) is 4.59. The molecule has 1 N–H and O–H groups in total. The number of nitrogens with one attached hydrogen (secondary N) is 1. The van der Waals surface area contributed by atoms with Crippen LogP contribution in [0.15, 0.2) is 42.1 Å². The van der Waals surface area contributed by atoms with Crippen molar-refractivity contribution >= 4 is 23.0 Å². The summed E-state index contributed by atoms with van der Waals surface area (Å²) in [5.74, 6) is 0.717. The van der Waals surface area contributed by atoms with Crippen molar-refractivity contribution < 1.29 is 4.92 Å². The number of nitrogens with zero attached hydrogens (tertiary/aromatic N) is 2. The first kappa shape index (κ1) is 16.0. The molecule has 1 atom stereocenters. The lowest BCUT2D eigenvalue weighted by atomic mass is 9.91. The topological polar surface area (TPSA) is 58.4 Å². The molecule has 0 aliphatic carbocycles. The fraction of sp³-hybridized carbons (Fsp3) is 0.412. The molecule has 122 valence electrons. The van der Waals surface area contributed by atoms with Gasteiger partial charge in [-0.05, 0) is 56.0 Å². The van der Waals surface area contributed by atoms with Gasteiger partial charge in [0.15, 0.2) is 0 Å². The highest BCUT2D eigenvalue weighted by molar-refractivity contribution is 6.33. The van der Waals surface area contributed by atoms with Crippen molar-refractivity contribution in [3.63, 3.8) is 0 Å². The van der Waals surface area contributed by atoms with Crippen LogP contribution < -0.4 is 10.2 Å². The molecule has 2 heterocycles. The molecular formula is C17H20ClN3O2. The first-order valence-corrected chi connectivity index (χ1v) is 8.30. The number of anilines is 1. The van der Waals surface area contributed by atoms with Crippen molar-refractivity contribution in [2.45, 2.75) is 19.3 Å². The molecule has 2 aliphatic heterocycles. The SMILES string of the molecule is O=[N+]([O-])c1ccc(N2C=CC(CC3CCCNC3)=CC2)c(Cl)c1. The molecule has 5 nitrogen and oxygen atoms in total. The number of hydrogen-bond donors (Lipinski definition) is 1. The molecule has 1 saturated heterocycles. The molecule has 1 aromatic carbocycles. The van der Waals surface area contributed by atoms with Crippen molar-refractivity contribution in [2.24, 2.45) is 5.92 Å². The lowest BCUT2D eigenvalue weighted by molar-refractivity contribution is -0.384. The van der Waals surface area contributed by atoms with E-state index in [1.807, 2.05) is 11.1 Å². The van der Waals surface area contributed by atoms with Crippen molar-refractivity contribution in [2.75, 3.05) is 24.5 Å². The van der Waals surface area contributed by atoms with Crippen molar-refractivity contribution in [3.8, 4) is 0 Å². The van der Waals surface area contributed by atoms with Crippen LogP contribution in [0.3, 0.4) is 0 Å². The summed E-state index contributed by atoms with van der Waals surface area (Å²) < 4.78 is 0. The Kier molecular flexibility index (Phi) is 4.98. The maximum Gasteiger partial charge on any atom is 0.271 e. The van der Waals surface area contributed by atoms with Gasteiger partial charge in [0.05, 0.1) is 15.6 Å². The van der Waals surface area contributed by atoms with Gasteiger partial charge in [0.2, 0.25) is 0 Å². The van der Waals surface area contributed by atoms with Crippen LogP contribution in [-0.2, 0) is 0 Å². The van der Waals surface area contributed by atoms with Gasteiger partial charge in [0.1, 0.15) is 0 Å². The molecule has 1 fully saturated rings. The Bertz CT molecular complexity index is 651. The third kappa shape index (κ3) is 3.92. The van der Waals surface area contributed by atoms with Gasteiger partial charge in [0.25, 0.3) is 5.69 Å². The second kappa shape index (κ2) is 7.15. The van der Waals surface area contributed by atoms with E-state index in [1.54, 1.807) is 6.07 Å². The third-order valence-electron chi connectivity index (χ3n) is 4.39. The largest absolute Gasteiger partial charge is 0.343 e. The highest BCUT2D eigenvalue weighted by Gasteiger charge is 2.17. The number of piperidine rings is 1. The highest BCUT2D eigenvalue weighted by Crippen LogP contribution is 2.31. The average molecular weight is 334 g/mol. The maximum atomic E-state index is 10.8. The Labute approximate surface area is 140 Å². The van der Waals surface area contributed by atoms with Gasteiger partial charge >= 0.3 is 0 Å². The minimum atomic E-state index is -0.433. The van der Waals surface area contributed by atoms with Gasteiger partial charge < -0.3 is 10.2 Å². The monoisotopic (exact) mass is 333 g/mol. The molecule has 0 aromatic heterocycles. The van der Waals surface area contributed by atoms with Gasteiger partial charge in [0, 0.05) is 24.9 Å². The second-order valence-electron chi connectivity index (χ2n) is 6.06. The van der Waals surface area contributed by atoms with Gasteiger partial charge in [-0.25, -0.2) is 0 Å². The minimum absolute atomic E-state index is 0.0146. The lowest BCUT2D eigenvalue weighted by Crippen LogP contribution is -2.30. The summed E-state index contributed by atoms with van der Waals surface area (Å²) in [6.45, 7) is 2.98. The average Bonchev–Trinajstić information content (AvgIpc) is 2.56. The number of nitro groups is 1. The molecule has 6 heteroatoms. The Morgan fingerprint density at radius 1 is 1.43 bits per heavy atom. The van der Waals surface area contributed by atoms with Gasteiger partial charge in [-0.15, -0.1) is 0 Å². The molecule has 23 heavy (non-hydrogen) atoms. The molecule has 2 aliphatic rings. The number of non-ortho nitro benzene ring substituents is 1. The number of allylic oxidation sites excluding steroid dienone is 2.